The third-order valence-electron chi connectivity index (χ3n) is 4.84. The van der Waals surface area contributed by atoms with Gasteiger partial charge in [-0.05, 0) is 56.0 Å². The van der Waals surface area contributed by atoms with Crippen molar-refractivity contribution in [3.8, 4) is 0 Å². The molecule has 3 rings (SSSR count). The molecule has 0 aliphatic carbocycles. The average molecular weight is 372 g/mol. The molecule has 0 saturated carbocycles. The van der Waals surface area contributed by atoms with Gasteiger partial charge in [-0.15, -0.1) is 0 Å². The molecule has 2 aromatic rings. The zero-order valence-corrected chi connectivity index (χ0v) is 16.0. The van der Waals surface area contributed by atoms with Crippen molar-refractivity contribution in [3.05, 3.63) is 59.7 Å². The molecule has 5 nitrogen and oxygen atoms in total. The second kappa shape index (κ2) is 7.50. The summed E-state index contributed by atoms with van der Waals surface area (Å²) in [6, 6.07) is 13.6. The lowest BCUT2D eigenvalue weighted by molar-refractivity contribution is 0.0724. The van der Waals surface area contributed by atoms with Gasteiger partial charge in [-0.3, -0.25) is 9.10 Å². The molecule has 0 bridgehead atoms. The minimum atomic E-state index is -3.67. The maximum absolute atomic E-state index is 12.9. The number of rotatable bonds is 4. The Morgan fingerprint density at radius 3 is 2.31 bits per heavy atom. The van der Waals surface area contributed by atoms with Crippen LogP contribution in [0.5, 0.6) is 0 Å². The van der Waals surface area contributed by atoms with Gasteiger partial charge in [0.05, 0.1) is 10.6 Å². The Bertz CT molecular complexity index is 889. The SMILES string of the molecule is Cc1ccc(C(=O)N2CCCCC2)cc1N(C)S(=O)(=O)c1ccccc1. The van der Waals surface area contributed by atoms with Crippen molar-refractivity contribution in [1.29, 1.82) is 0 Å². The van der Waals surface area contributed by atoms with Gasteiger partial charge in [0.1, 0.15) is 0 Å². The number of sulfonamides is 1. The number of benzene rings is 2. The fourth-order valence-corrected chi connectivity index (χ4v) is 4.51. The summed E-state index contributed by atoms with van der Waals surface area (Å²) in [4.78, 5) is 14.8. The molecule has 1 fully saturated rings. The molecular formula is C20H24N2O3S. The van der Waals surface area contributed by atoms with E-state index in [-0.39, 0.29) is 10.8 Å². The van der Waals surface area contributed by atoms with Crippen molar-refractivity contribution in [1.82, 2.24) is 4.90 Å². The molecule has 1 aliphatic rings. The highest BCUT2D eigenvalue weighted by Gasteiger charge is 2.24. The number of anilines is 1. The van der Waals surface area contributed by atoms with Crippen LogP contribution in [0.25, 0.3) is 0 Å². The first kappa shape index (κ1) is 18.5. The standard InChI is InChI=1S/C20H24N2O3S/c1-16-11-12-17(20(23)22-13-7-4-8-14-22)15-19(16)21(2)26(24,25)18-9-5-3-6-10-18/h3,5-6,9-12,15H,4,7-8,13-14H2,1-2H3. The predicted molar refractivity (Wildman–Crippen MR) is 103 cm³/mol. The molecule has 0 unspecified atom stereocenters. The van der Waals surface area contributed by atoms with E-state index in [4.69, 9.17) is 0 Å². The molecule has 1 aliphatic heterocycles. The highest BCUT2D eigenvalue weighted by molar-refractivity contribution is 7.92. The number of hydrogen-bond acceptors (Lipinski definition) is 3. The highest BCUT2D eigenvalue weighted by Crippen LogP contribution is 2.27. The van der Waals surface area contributed by atoms with Crippen molar-refractivity contribution < 1.29 is 13.2 Å². The number of likely N-dealkylation sites (tertiary alicyclic amines) is 1. The van der Waals surface area contributed by atoms with E-state index in [1.54, 1.807) is 42.5 Å². The zero-order chi connectivity index (χ0) is 18.7. The zero-order valence-electron chi connectivity index (χ0n) is 15.2. The van der Waals surface area contributed by atoms with Crippen LogP contribution >= 0.6 is 0 Å². The Balaban J connectivity index is 1.93. The van der Waals surface area contributed by atoms with Crippen LogP contribution in [-0.4, -0.2) is 39.4 Å². The number of aryl methyl sites for hydroxylation is 1. The van der Waals surface area contributed by atoms with Gasteiger partial charge in [-0.25, -0.2) is 8.42 Å². The van der Waals surface area contributed by atoms with Crippen LogP contribution in [0.2, 0.25) is 0 Å². The van der Waals surface area contributed by atoms with Crippen molar-refractivity contribution in [2.45, 2.75) is 31.1 Å². The van der Waals surface area contributed by atoms with Gasteiger partial charge in [-0.1, -0.05) is 24.3 Å². The first-order valence-corrected chi connectivity index (χ1v) is 10.3. The number of nitrogens with zero attached hydrogens (tertiary/aromatic N) is 2. The summed E-state index contributed by atoms with van der Waals surface area (Å²) in [7, 11) is -2.15. The Kier molecular flexibility index (Phi) is 5.32. The van der Waals surface area contributed by atoms with Gasteiger partial charge in [0.2, 0.25) is 0 Å². The van der Waals surface area contributed by atoms with E-state index >= 15 is 0 Å². The van der Waals surface area contributed by atoms with Crippen LogP contribution < -0.4 is 4.31 Å². The molecule has 6 heteroatoms. The first-order chi connectivity index (χ1) is 12.4. The summed E-state index contributed by atoms with van der Waals surface area (Å²) in [6.07, 6.45) is 3.19. The van der Waals surface area contributed by atoms with E-state index in [1.165, 1.54) is 11.4 Å². The van der Waals surface area contributed by atoms with Gasteiger partial charge in [0.15, 0.2) is 0 Å². The van der Waals surface area contributed by atoms with Crippen LogP contribution in [0.15, 0.2) is 53.4 Å². The van der Waals surface area contributed by atoms with E-state index in [9.17, 15) is 13.2 Å². The largest absolute Gasteiger partial charge is 0.339 e. The number of hydrogen-bond donors (Lipinski definition) is 0. The van der Waals surface area contributed by atoms with Crippen molar-refractivity contribution in [3.63, 3.8) is 0 Å². The summed E-state index contributed by atoms with van der Waals surface area (Å²) in [5.74, 6) is -0.0311. The molecule has 138 valence electrons. The Hall–Kier alpha value is -2.34. The number of carbonyl (C=O) groups is 1. The summed E-state index contributed by atoms with van der Waals surface area (Å²) in [5.41, 5.74) is 1.86. The van der Waals surface area contributed by atoms with Gasteiger partial charge in [-0.2, -0.15) is 0 Å². The highest BCUT2D eigenvalue weighted by atomic mass is 32.2. The lowest BCUT2D eigenvalue weighted by Crippen LogP contribution is -2.35. The van der Waals surface area contributed by atoms with E-state index in [2.05, 4.69) is 0 Å². The molecule has 0 atom stereocenters. The molecule has 1 saturated heterocycles. The fourth-order valence-electron chi connectivity index (χ4n) is 3.24. The third kappa shape index (κ3) is 3.60. The summed E-state index contributed by atoms with van der Waals surface area (Å²) >= 11 is 0. The van der Waals surface area contributed by atoms with Crippen molar-refractivity contribution in [2.24, 2.45) is 0 Å². The number of piperidine rings is 1. The number of carbonyl (C=O) groups excluding carboxylic acids is 1. The lowest BCUT2D eigenvalue weighted by Gasteiger charge is -2.27. The van der Waals surface area contributed by atoms with Crippen molar-refractivity contribution >= 4 is 21.6 Å². The molecule has 0 radical (unpaired) electrons. The van der Waals surface area contributed by atoms with Crippen LogP contribution in [0, 0.1) is 6.92 Å². The maximum Gasteiger partial charge on any atom is 0.264 e. The first-order valence-electron chi connectivity index (χ1n) is 8.85. The van der Waals surface area contributed by atoms with E-state index in [0.29, 0.717) is 11.3 Å². The lowest BCUT2D eigenvalue weighted by atomic mass is 10.1. The van der Waals surface area contributed by atoms with E-state index < -0.39 is 10.0 Å². The predicted octanol–water partition coefficient (Wildman–Crippen LogP) is 3.45. The van der Waals surface area contributed by atoms with Crippen LogP contribution in [-0.2, 0) is 10.0 Å². The maximum atomic E-state index is 12.9. The summed E-state index contributed by atoms with van der Waals surface area (Å²) < 4.78 is 27.1. The molecule has 0 spiro atoms. The van der Waals surface area contributed by atoms with Crippen LogP contribution in [0.1, 0.15) is 35.2 Å². The van der Waals surface area contributed by atoms with E-state index in [1.807, 2.05) is 17.9 Å². The van der Waals surface area contributed by atoms with Gasteiger partial charge < -0.3 is 4.90 Å². The van der Waals surface area contributed by atoms with Gasteiger partial charge in [0, 0.05) is 25.7 Å². The van der Waals surface area contributed by atoms with Crippen molar-refractivity contribution in [2.75, 3.05) is 24.4 Å². The van der Waals surface area contributed by atoms with Gasteiger partial charge in [0.25, 0.3) is 15.9 Å². The summed E-state index contributed by atoms with van der Waals surface area (Å²) in [5, 5.41) is 0. The average Bonchev–Trinajstić information content (AvgIpc) is 2.68. The Labute approximate surface area is 155 Å². The van der Waals surface area contributed by atoms with E-state index in [0.717, 1.165) is 37.9 Å². The normalized spacial score (nSPS) is 14.9. The fraction of sp³-hybridized carbons (Fsp3) is 0.350. The molecule has 2 aromatic carbocycles. The molecular weight excluding hydrogens is 348 g/mol. The number of amides is 1. The van der Waals surface area contributed by atoms with Crippen LogP contribution in [0.4, 0.5) is 5.69 Å². The molecule has 1 heterocycles. The minimum Gasteiger partial charge on any atom is -0.339 e. The molecule has 0 N–H and O–H groups in total. The van der Waals surface area contributed by atoms with Crippen LogP contribution in [0.3, 0.4) is 0 Å². The quantitative estimate of drug-likeness (QED) is 0.826. The minimum absolute atomic E-state index is 0.0311. The van der Waals surface area contributed by atoms with Gasteiger partial charge >= 0.3 is 0 Å². The molecule has 1 amide bonds. The second-order valence-electron chi connectivity index (χ2n) is 6.64. The summed E-state index contributed by atoms with van der Waals surface area (Å²) in [6.45, 7) is 3.38. The smallest absolute Gasteiger partial charge is 0.264 e. The Morgan fingerprint density at radius 2 is 1.65 bits per heavy atom. The monoisotopic (exact) mass is 372 g/mol. The molecule has 0 aromatic heterocycles. The Morgan fingerprint density at radius 1 is 1.00 bits per heavy atom. The topological polar surface area (TPSA) is 57.7 Å². The second-order valence-corrected chi connectivity index (χ2v) is 8.61. The third-order valence-corrected chi connectivity index (χ3v) is 6.63. The molecule has 26 heavy (non-hydrogen) atoms.